The van der Waals surface area contributed by atoms with Crippen molar-refractivity contribution in [2.45, 2.75) is 44.6 Å². The van der Waals surface area contributed by atoms with Crippen molar-refractivity contribution in [3.8, 4) is 0 Å². The molecule has 7 nitrogen and oxygen atoms in total. The monoisotopic (exact) mass is 332 g/mol. The van der Waals surface area contributed by atoms with Crippen molar-refractivity contribution in [1.82, 2.24) is 20.0 Å². The van der Waals surface area contributed by atoms with E-state index in [1.54, 1.807) is 6.92 Å². The molecule has 0 aliphatic carbocycles. The largest absolute Gasteiger partial charge is 0.381 e. The maximum atomic E-state index is 12.4. The third-order valence-corrected chi connectivity index (χ3v) is 4.52. The van der Waals surface area contributed by atoms with Crippen LogP contribution in [0.15, 0.2) is 29.0 Å². The zero-order valence-corrected chi connectivity index (χ0v) is 14.0. The quantitative estimate of drug-likeness (QED) is 0.782. The Kier molecular flexibility index (Phi) is 5.30. The standard InChI is InChI=1S/C17H24N4O3/c1-14-19-16(24-20-14)5-4-8-18-15(22)13-17(6-11-23-12-7-17)21-9-2-3-10-21/h2-3,9-10H,4-8,11-13H2,1H3,(H,18,22). The number of aromatic nitrogens is 3. The van der Waals surface area contributed by atoms with Crippen molar-refractivity contribution in [3.63, 3.8) is 0 Å². The van der Waals surface area contributed by atoms with Crippen molar-refractivity contribution < 1.29 is 14.1 Å². The minimum atomic E-state index is -0.171. The number of nitrogens with one attached hydrogen (secondary N) is 1. The summed E-state index contributed by atoms with van der Waals surface area (Å²) in [6.45, 7) is 3.80. The van der Waals surface area contributed by atoms with Gasteiger partial charge in [-0.15, -0.1) is 0 Å². The summed E-state index contributed by atoms with van der Waals surface area (Å²) in [6, 6.07) is 4.00. The molecule has 130 valence electrons. The summed E-state index contributed by atoms with van der Waals surface area (Å²) in [5, 5.41) is 6.77. The average molecular weight is 332 g/mol. The van der Waals surface area contributed by atoms with Gasteiger partial charge in [0, 0.05) is 38.6 Å². The van der Waals surface area contributed by atoms with Gasteiger partial charge in [-0.05, 0) is 38.3 Å². The summed E-state index contributed by atoms with van der Waals surface area (Å²) >= 11 is 0. The Balaban J connectivity index is 1.49. The highest BCUT2D eigenvalue weighted by molar-refractivity contribution is 5.77. The van der Waals surface area contributed by atoms with Gasteiger partial charge in [0.05, 0.1) is 12.0 Å². The normalized spacial score (nSPS) is 16.9. The van der Waals surface area contributed by atoms with E-state index in [0.29, 0.717) is 44.3 Å². The predicted molar refractivity (Wildman–Crippen MR) is 87.4 cm³/mol. The van der Waals surface area contributed by atoms with Crippen LogP contribution in [0.4, 0.5) is 0 Å². The van der Waals surface area contributed by atoms with Gasteiger partial charge in [0.2, 0.25) is 11.8 Å². The zero-order valence-electron chi connectivity index (χ0n) is 14.0. The first-order valence-corrected chi connectivity index (χ1v) is 8.45. The van der Waals surface area contributed by atoms with Gasteiger partial charge < -0.3 is 19.1 Å². The fourth-order valence-electron chi connectivity index (χ4n) is 3.20. The molecule has 0 unspecified atom stereocenters. The molecule has 1 N–H and O–H groups in total. The number of rotatable bonds is 7. The average Bonchev–Trinajstić information content (AvgIpc) is 3.24. The van der Waals surface area contributed by atoms with E-state index in [2.05, 4.69) is 20.0 Å². The molecule has 0 radical (unpaired) electrons. The first-order chi connectivity index (χ1) is 11.7. The molecule has 2 aromatic heterocycles. The highest BCUT2D eigenvalue weighted by Crippen LogP contribution is 2.32. The van der Waals surface area contributed by atoms with Crippen LogP contribution < -0.4 is 5.32 Å². The molecule has 0 saturated carbocycles. The van der Waals surface area contributed by atoms with Crippen molar-refractivity contribution in [2.24, 2.45) is 0 Å². The molecule has 0 aromatic carbocycles. The molecule has 0 bridgehead atoms. The van der Waals surface area contributed by atoms with Crippen LogP contribution in [0.25, 0.3) is 0 Å². The van der Waals surface area contributed by atoms with Gasteiger partial charge in [0.1, 0.15) is 0 Å². The molecular formula is C17H24N4O3. The van der Waals surface area contributed by atoms with Crippen LogP contribution in [0.2, 0.25) is 0 Å². The number of carbonyl (C=O) groups excluding carboxylic acids is 1. The number of hydrogen-bond donors (Lipinski definition) is 1. The van der Waals surface area contributed by atoms with Crippen LogP contribution in [0.5, 0.6) is 0 Å². The minimum absolute atomic E-state index is 0.0762. The lowest BCUT2D eigenvalue weighted by Crippen LogP contribution is -2.43. The fourth-order valence-corrected chi connectivity index (χ4v) is 3.20. The van der Waals surface area contributed by atoms with E-state index in [0.717, 1.165) is 19.3 Å². The topological polar surface area (TPSA) is 82.2 Å². The number of nitrogens with zero attached hydrogens (tertiary/aromatic N) is 3. The van der Waals surface area contributed by atoms with Crippen LogP contribution in [-0.4, -0.2) is 40.4 Å². The molecule has 3 heterocycles. The Bertz CT molecular complexity index is 645. The van der Waals surface area contributed by atoms with Gasteiger partial charge in [-0.25, -0.2) is 0 Å². The van der Waals surface area contributed by atoms with Crippen LogP contribution in [-0.2, 0) is 21.5 Å². The van der Waals surface area contributed by atoms with Gasteiger partial charge >= 0.3 is 0 Å². The highest BCUT2D eigenvalue weighted by Gasteiger charge is 2.35. The number of ether oxygens (including phenoxy) is 1. The molecule has 24 heavy (non-hydrogen) atoms. The van der Waals surface area contributed by atoms with E-state index in [-0.39, 0.29) is 11.4 Å². The molecule has 1 aliphatic heterocycles. The van der Waals surface area contributed by atoms with Gasteiger partial charge in [-0.2, -0.15) is 4.98 Å². The molecular weight excluding hydrogens is 308 g/mol. The number of hydrogen-bond acceptors (Lipinski definition) is 5. The Morgan fingerprint density at radius 1 is 1.33 bits per heavy atom. The van der Waals surface area contributed by atoms with Crippen molar-refractivity contribution >= 4 is 5.91 Å². The second-order valence-corrected chi connectivity index (χ2v) is 6.29. The molecule has 3 rings (SSSR count). The number of aryl methyl sites for hydroxylation is 2. The molecule has 1 aliphatic rings. The summed E-state index contributed by atoms with van der Waals surface area (Å²) in [4.78, 5) is 16.6. The fraction of sp³-hybridized carbons (Fsp3) is 0.588. The Labute approximate surface area is 141 Å². The SMILES string of the molecule is Cc1noc(CCCNC(=O)CC2(n3cccc3)CCOCC2)n1. The summed E-state index contributed by atoms with van der Waals surface area (Å²) in [6.07, 6.45) is 7.73. The summed E-state index contributed by atoms with van der Waals surface area (Å²) in [5.74, 6) is 1.34. The van der Waals surface area contributed by atoms with E-state index >= 15 is 0 Å². The Morgan fingerprint density at radius 2 is 2.08 bits per heavy atom. The molecule has 1 fully saturated rings. The van der Waals surface area contributed by atoms with Crippen LogP contribution in [0.3, 0.4) is 0 Å². The lowest BCUT2D eigenvalue weighted by Gasteiger charge is -2.38. The first kappa shape index (κ1) is 16.7. The van der Waals surface area contributed by atoms with Gasteiger partial charge in [-0.1, -0.05) is 5.16 Å². The van der Waals surface area contributed by atoms with Crippen LogP contribution >= 0.6 is 0 Å². The third kappa shape index (κ3) is 4.03. The number of carbonyl (C=O) groups is 1. The maximum absolute atomic E-state index is 12.4. The lowest BCUT2D eigenvalue weighted by molar-refractivity contribution is -0.124. The second kappa shape index (κ2) is 7.61. The Hall–Kier alpha value is -2.15. The first-order valence-electron chi connectivity index (χ1n) is 8.45. The minimum Gasteiger partial charge on any atom is -0.381 e. The highest BCUT2D eigenvalue weighted by atomic mass is 16.5. The van der Waals surface area contributed by atoms with E-state index in [9.17, 15) is 4.79 Å². The lowest BCUT2D eigenvalue weighted by atomic mass is 9.86. The van der Waals surface area contributed by atoms with Crippen molar-refractivity contribution in [1.29, 1.82) is 0 Å². The molecule has 1 saturated heterocycles. The summed E-state index contributed by atoms with van der Waals surface area (Å²) in [7, 11) is 0. The summed E-state index contributed by atoms with van der Waals surface area (Å²) < 4.78 is 12.7. The predicted octanol–water partition coefficient (Wildman–Crippen LogP) is 1.82. The molecule has 7 heteroatoms. The van der Waals surface area contributed by atoms with Gasteiger partial charge in [0.15, 0.2) is 5.82 Å². The molecule has 0 spiro atoms. The van der Waals surface area contributed by atoms with Gasteiger partial charge in [0.25, 0.3) is 0 Å². The number of amides is 1. The zero-order chi connectivity index (χ0) is 16.8. The molecule has 0 atom stereocenters. The van der Waals surface area contributed by atoms with Crippen molar-refractivity contribution in [3.05, 3.63) is 36.2 Å². The van der Waals surface area contributed by atoms with Crippen LogP contribution in [0.1, 0.15) is 37.4 Å². The van der Waals surface area contributed by atoms with E-state index in [1.807, 2.05) is 24.5 Å². The van der Waals surface area contributed by atoms with Crippen LogP contribution in [0, 0.1) is 6.92 Å². The van der Waals surface area contributed by atoms with Gasteiger partial charge in [-0.3, -0.25) is 4.79 Å². The maximum Gasteiger partial charge on any atom is 0.226 e. The molecule has 1 amide bonds. The van der Waals surface area contributed by atoms with E-state index in [1.165, 1.54) is 0 Å². The van der Waals surface area contributed by atoms with Crippen molar-refractivity contribution in [2.75, 3.05) is 19.8 Å². The smallest absolute Gasteiger partial charge is 0.226 e. The molecule has 2 aromatic rings. The Morgan fingerprint density at radius 3 is 2.75 bits per heavy atom. The second-order valence-electron chi connectivity index (χ2n) is 6.29. The van der Waals surface area contributed by atoms with E-state index in [4.69, 9.17) is 9.26 Å². The summed E-state index contributed by atoms with van der Waals surface area (Å²) in [5.41, 5.74) is -0.171. The third-order valence-electron chi connectivity index (χ3n) is 4.52. The van der Waals surface area contributed by atoms with E-state index < -0.39 is 0 Å².